The minimum absolute atomic E-state index is 0.0614. The molecule has 0 radical (unpaired) electrons. The first kappa shape index (κ1) is 20.0. The molecule has 0 bridgehead atoms. The maximum atomic E-state index is 12.4. The van der Waals surface area contributed by atoms with E-state index in [1.54, 1.807) is 17.2 Å². The lowest BCUT2D eigenvalue weighted by Gasteiger charge is -2.23. The minimum atomic E-state index is -0.913. The van der Waals surface area contributed by atoms with Gasteiger partial charge in [0.25, 0.3) is 0 Å². The smallest absolute Gasteiger partial charge is 0.305 e. The summed E-state index contributed by atoms with van der Waals surface area (Å²) in [5, 5.41) is 9.42. The molecule has 2 rings (SSSR count). The molecule has 1 N–H and O–H groups in total. The molecule has 140 valence electrons. The van der Waals surface area contributed by atoms with Crippen molar-refractivity contribution in [1.82, 2.24) is 9.88 Å². The summed E-state index contributed by atoms with van der Waals surface area (Å²) in [6.07, 6.45) is 2.10. The maximum Gasteiger partial charge on any atom is 0.305 e. The Hall–Kier alpha value is -2.34. The van der Waals surface area contributed by atoms with E-state index in [9.17, 15) is 9.59 Å². The highest BCUT2D eigenvalue weighted by molar-refractivity contribution is 6.33. The van der Waals surface area contributed by atoms with Crippen LogP contribution in [-0.4, -0.2) is 40.0 Å². The summed E-state index contributed by atoms with van der Waals surface area (Å²) in [5.74, 6) is 0.265. The van der Waals surface area contributed by atoms with Crippen LogP contribution in [0.4, 0.5) is 0 Å². The Balaban J connectivity index is 1.97. The molecule has 0 unspecified atom stereocenters. The molecule has 2 aromatic rings. The minimum Gasteiger partial charge on any atom is -0.481 e. The van der Waals surface area contributed by atoms with Crippen LogP contribution in [-0.2, 0) is 16.0 Å². The number of halogens is 1. The first-order chi connectivity index (χ1) is 12.4. The van der Waals surface area contributed by atoms with Gasteiger partial charge < -0.3 is 14.4 Å². The summed E-state index contributed by atoms with van der Waals surface area (Å²) in [5.41, 5.74) is 0.752. The summed E-state index contributed by atoms with van der Waals surface area (Å²) in [6, 6.07) is 7.31. The zero-order valence-electron chi connectivity index (χ0n) is 14.9. The van der Waals surface area contributed by atoms with Crippen LogP contribution in [0.3, 0.4) is 0 Å². The van der Waals surface area contributed by atoms with Gasteiger partial charge in [-0.2, -0.15) is 0 Å². The molecular weight excluding hydrogens is 356 g/mol. The van der Waals surface area contributed by atoms with Crippen LogP contribution in [0.25, 0.3) is 11.3 Å². The fourth-order valence-electron chi connectivity index (χ4n) is 2.57. The number of oxazole rings is 1. The van der Waals surface area contributed by atoms with Gasteiger partial charge in [-0.25, -0.2) is 4.98 Å². The Morgan fingerprint density at radius 1 is 1.27 bits per heavy atom. The van der Waals surface area contributed by atoms with Crippen LogP contribution in [0, 0.1) is 5.92 Å². The summed E-state index contributed by atoms with van der Waals surface area (Å²) in [7, 11) is 0. The summed E-state index contributed by atoms with van der Waals surface area (Å²) >= 11 is 6.15. The van der Waals surface area contributed by atoms with E-state index in [-0.39, 0.29) is 31.2 Å². The van der Waals surface area contributed by atoms with Crippen LogP contribution in [0.2, 0.25) is 5.02 Å². The second-order valence-electron chi connectivity index (χ2n) is 6.48. The van der Waals surface area contributed by atoms with Crippen molar-refractivity contribution in [3.63, 3.8) is 0 Å². The van der Waals surface area contributed by atoms with E-state index < -0.39 is 5.97 Å². The molecule has 1 amide bonds. The molecule has 1 aromatic carbocycles. The monoisotopic (exact) mass is 378 g/mol. The standard InChI is InChI=1S/C19H23ClN2O4/c1-13(2)12-22(10-9-19(24)25)18(23)8-7-17-21-11-16(26-17)14-5-3-4-6-15(14)20/h3-6,11,13H,7-10,12H2,1-2H3,(H,24,25). The lowest BCUT2D eigenvalue weighted by Crippen LogP contribution is -2.36. The van der Waals surface area contributed by atoms with Crippen LogP contribution >= 0.6 is 11.6 Å². The molecule has 26 heavy (non-hydrogen) atoms. The third kappa shape index (κ3) is 5.88. The van der Waals surface area contributed by atoms with E-state index in [0.29, 0.717) is 29.6 Å². The van der Waals surface area contributed by atoms with Crippen molar-refractivity contribution >= 4 is 23.5 Å². The number of nitrogens with zero attached hydrogens (tertiary/aromatic N) is 2. The number of benzene rings is 1. The number of rotatable bonds is 9. The van der Waals surface area contributed by atoms with E-state index >= 15 is 0 Å². The van der Waals surface area contributed by atoms with E-state index in [1.165, 1.54) is 0 Å². The third-order valence-electron chi connectivity index (χ3n) is 3.78. The molecular formula is C19H23ClN2O4. The number of carboxylic acids is 1. The predicted molar refractivity (Wildman–Crippen MR) is 98.9 cm³/mol. The number of hydrogen-bond donors (Lipinski definition) is 1. The van der Waals surface area contributed by atoms with Gasteiger partial charge in [0.1, 0.15) is 0 Å². The number of aryl methyl sites for hydroxylation is 1. The number of carbonyl (C=O) groups is 2. The first-order valence-corrected chi connectivity index (χ1v) is 8.93. The average Bonchev–Trinajstić information content (AvgIpc) is 3.05. The summed E-state index contributed by atoms with van der Waals surface area (Å²) in [4.78, 5) is 29.0. The van der Waals surface area contributed by atoms with Crippen molar-refractivity contribution in [1.29, 1.82) is 0 Å². The molecule has 0 aliphatic rings. The fourth-order valence-corrected chi connectivity index (χ4v) is 2.80. The first-order valence-electron chi connectivity index (χ1n) is 8.56. The van der Waals surface area contributed by atoms with Crippen LogP contribution in [0.15, 0.2) is 34.9 Å². The van der Waals surface area contributed by atoms with Crippen molar-refractivity contribution < 1.29 is 19.1 Å². The molecule has 0 aliphatic heterocycles. The highest BCUT2D eigenvalue weighted by Gasteiger charge is 2.17. The largest absolute Gasteiger partial charge is 0.481 e. The van der Waals surface area contributed by atoms with Crippen molar-refractivity contribution in [3.8, 4) is 11.3 Å². The van der Waals surface area contributed by atoms with Gasteiger partial charge in [-0.1, -0.05) is 37.6 Å². The van der Waals surface area contributed by atoms with Crippen LogP contribution in [0.5, 0.6) is 0 Å². The van der Waals surface area contributed by atoms with Gasteiger partial charge in [0.15, 0.2) is 11.7 Å². The summed E-state index contributed by atoms with van der Waals surface area (Å²) < 4.78 is 5.70. The zero-order chi connectivity index (χ0) is 19.1. The van der Waals surface area contributed by atoms with Gasteiger partial charge in [0.2, 0.25) is 5.91 Å². The molecule has 0 aliphatic carbocycles. The van der Waals surface area contributed by atoms with Gasteiger partial charge >= 0.3 is 5.97 Å². The van der Waals surface area contributed by atoms with Gasteiger partial charge in [0.05, 0.1) is 17.6 Å². The fraction of sp³-hybridized carbons (Fsp3) is 0.421. The molecule has 0 saturated heterocycles. The Kier molecular flexibility index (Phi) is 7.21. The molecule has 7 heteroatoms. The van der Waals surface area contributed by atoms with Gasteiger partial charge in [-0.15, -0.1) is 0 Å². The van der Waals surface area contributed by atoms with Gasteiger partial charge in [-0.3, -0.25) is 9.59 Å². The average molecular weight is 379 g/mol. The molecule has 6 nitrogen and oxygen atoms in total. The maximum absolute atomic E-state index is 12.4. The zero-order valence-corrected chi connectivity index (χ0v) is 15.7. The number of amides is 1. The van der Waals surface area contributed by atoms with Gasteiger partial charge in [0, 0.05) is 31.5 Å². The quantitative estimate of drug-likeness (QED) is 0.715. The number of aromatic nitrogens is 1. The Morgan fingerprint density at radius 3 is 2.65 bits per heavy atom. The van der Waals surface area contributed by atoms with Crippen molar-refractivity contribution in [2.75, 3.05) is 13.1 Å². The number of carboxylic acid groups (broad SMARTS) is 1. The molecule has 0 spiro atoms. The van der Waals surface area contributed by atoms with Crippen LogP contribution in [0.1, 0.15) is 32.6 Å². The van der Waals surface area contributed by atoms with E-state index in [2.05, 4.69) is 4.98 Å². The van der Waals surface area contributed by atoms with Gasteiger partial charge in [-0.05, 0) is 18.1 Å². The van der Waals surface area contributed by atoms with E-state index in [4.69, 9.17) is 21.1 Å². The van der Waals surface area contributed by atoms with Crippen molar-refractivity contribution in [2.45, 2.75) is 33.1 Å². The second-order valence-corrected chi connectivity index (χ2v) is 6.88. The summed E-state index contributed by atoms with van der Waals surface area (Å²) in [6.45, 7) is 4.72. The predicted octanol–water partition coefficient (Wildman–Crippen LogP) is 3.89. The van der Waals surface area contributed by atoms with Crippen LogP contribution < -0.4 is 0 Å². The molecule has 1 aromatic heterocycles. The molecule has 1 heterocycles. The second kappa shape index (κ2) is 9.38. The number of aliphatic carboxylic acids is 1. The Bertz CT molecular complexity index is 758. The highest BCUT2D eigenvalue weighted by atomic mass is 35.5. The normalized spacial score (nSPS) is 10.9. The van der Waals surface area contributed by atoms with Crippen molar-refractivity contribution in [2.24, 2.45) is 5.92 Å². The topological polar surface area (TPSA) is 83.6 Å². The molecule has 0 atom stereocenters. The molecule has 0 fully saturated rings. The van der Waals surface area contributed by atoms with Crippen molar-refractivity contribution in [3.05, 3.63) is 41.4 Å². The lowest BCUT2D eigenvalue weighted by atomic mass is 10.1. The van der Waals surface area contributed by atoms with E-state index in [0.717, 1.165) is 5.56 Å². The molecule has 0 saturated carbocycles. The van der Waals surface area contributed by atoms with E-state index in [1.807, 2.05) is 32.0 Å². The third-order valence-corrected chi connectivity index (χ3v) is 4.11. The Labute approximate surface area is 157 Å². The Morgan fingerprint density at radius 2 is 2.00 bits per heavy atom. The SMILES string of the molecule is CC(C)CN(CCC(=O)O)C(=O)CCc1ncc(-c2ccccc2Cl)o1. The highest BCUT2D eigenvalue weighted by Crippen LogP contribution is 2.28. The number of carbonyl (C=O) groups excluding carboxylic acids is 1. The lowest BCUT2D eigenvalue weighted by molar-refractivity contribution is -0.138. The number of hydrogen-bond acceptors (Lipinski definition) is 4.